The summed E-state index contributed by atoms with van der Waals surface area (Å²) in [5.41, 5.74) is 0. The van der Waals surface area contributed by atoms with Crippen molar-refractivity contribution in [3.63, 3.8) is 0 Å². The summed E-state index contributed by atoms with van der Waals surface area (Å²) in [5.74, 6) is 5.56. The molecule has 0 aromatic heterocycles. The van der Waals surface area contributed by atoms with Crippen molar-refractivity contribution in [1.82, 2.24) is 5.01 Å². The molecule has 2 rings (SSSR count). The summed E-state index contributed by atoms with van der Waals surface area (Å²) in [4.78, 5) is 0. The van der Waals surface area contributed by atoms with Gasteiger partial charge in [0, 0.05) is 13.2 Å². The molecule has 25 heavy (non-hydrogen) atoms. The Balaban J connectivity index is 2.41. The van der Waals surface area contributed by atoms with Crippen LogP contribution in [0.2, 0.25) is 5.04 Å². The molecular formula is C20H27N3OSi. The number of hydrazine groups is 1. The normalized spacial score (nSPS) is 11.8. The molecule has 0 saturated heterocycles. The van der Waals surface area contributed by atoms with Crippen LogP contribution in [0.4, 0.5) is 0 Å². The lowest BCUT2D eigenvalue weighted by Crippen LogP contribution is -2.66. The van der Waals surface area contributed by atoms with Gasteiger partial charge in [-0.2, -0.15) is 5.26 Å². The number of rotatable bonds is 7. The van der Waals surface area contributed by atoms with E-state index in [1.807, 2.05) is 18.3 Å². The van der Waals surface area contributed by atoms with Gasteiger partial charge in [-0.3, -0.25) is 0 Å². The maximum absolute atomic E-state index is 8.80. The number of hydrogen-bond donors (Lipinski definition) is 1. The van der Waals surface area contributed by atoms with Crippen molar-refractivity contribution in [1.29, 1.82) is 5.26 Å². The molecule has 0 heterocycles. The fourth-order valence-electron chi connectivity index (χ4n) is 3.27. The topological polar surface area (TPSA) is 62.3 Å². The van der Waals surface area contributed by atoms with E-state index in [4.69, 9.17) is 15.5 Å². The first-order chi connectivity index (χ1) is 11.9. The van der Waals surface area contributed by atoms with Crippen molar-refractivity contribution >= 4 is 18.7 Å². The molecule has 5 heteroatoms. The minimum absolute atomic E-state index is 0.0344. The summed E-state index contributed by atoms with van der Waals surface area (Å²) in [5, 5.41) is 12.4. The average molecular weight is 354 g/mol. The van der Waals surface area contributed by atoms with Gasteiger partial charge in [-0.25, -0.2) is 10.9 Å². The molecule has 0 aliphatic rings. The highest BCUT2D eigenvalue weighted by molar-refractivity contribution is 6.99. The zero-order chi connectivity index (χ0) is 18.3. The van der Waals surface area contributed by atoms with Crippen molar-refractivity contribution in [3.8, 4) is 6.19 Å². The van der Waals surface area contributed by atoms with Gasteiger partial charge >= 0.3 is 0 Å². The Morgan fingerprint density at radius 2 is 1.48 bits per heavy atom. The van der Waals surface area contributed by atoms with Crippen molar-refractivity contribution in [2.24, 2.45) is 5.84 Å². The summed E-state index contributed by atoms with van der Waals surface area (Å²) in [6.45, 7) is 7.83. The molecule has 2 N–H and O–H groups in total. The van der Waals surface area contributed by atoms with E-state index in [-0.39, 0.29) is 5.04 Å². The monoisotopic (exact) mass is 353 g/mol. The van der Waals surface area contributed by atoms with Gasteiger partial charge in [-0.1, -0.05) is 81.4 Å². The highest BCUT2D eigenvalue weighted by atomic mass is 28.4. The summed E-state index contributed by atoms with van der Waals surface area (Å²) >= 11 is 0. The van der Waals surface area contributed by atoms with Crippen LogP contribution < -0.4 is 16.2 Å². The minimum atomic E-state index is -2.47. The SMILES string of the molecule is CC(C)(C)[Si](OCCCN(N)C#N)(c1ccccc1)c1ccccc1. The number of nitrogens with zero attached hydrogens (tertiary/aromatic N) is 2. The van der Waals surface area contributed by atoms with Crippen LogP contribution in [-0.2, 0) is 4.43 Å². The van der Waals surface area contributed by atoms with Gasteiger partial charge in [0.25, 0.3) is 8.32 Å². The summed E-state index contributed by atoms with van der Waals surface area (Å²) in [7, 11) is -2.47. The zero-order valence-electron chi connectivity index (χ0n) is 15.3. The molecule has 0 bridgehead atoms. The largest absolute Gasteiger partial charge is 0.407 e. The van der Waals surface area contributed by atoms with E-state index >= 15 is 0 Å². The number of nitriles is 1. The highest BCUT2D eigenvalue weighted by Gasteiger charge is 2.49. The first kappa shape index (κ1) is 19.2. The molecule has 0 aliphatic carbocycles. The van der Waals surface area contributed by atoms with Gasteiger partial charge in [-0.05, 0) is 21.8 Å². The molecule has 0 amide bonds. The maximum Gasteiger partial charge on any atom is 0.261 e. The van der Waals surface area contributed by atoms with Crippen molar-refractivity contribution in [2.75, 3.05) is 13.2 Å². The Bertz CT molecular complexity index is 653. The second-order valence-corrected chi connectivity index (χ2v) is 11.5. The zero-order valence-corrected chi connectivity index (χ0v) is 16.3. The first-order valence-electron chi connectivity index (χ1n) is 8.59. The summed E-state index contributed by atoms with van der Waals surface area (Å²) in [6, 6.07) is 21.1. The number of benzene rings is 2. The predicted octanol–water partition coefficient (Wildman–Crippen LogP) is 2.61. The molecule has 0 radical (unpaired) electrons. The van der Waals surface area contributed by atoms with E-state index in [0.29, 0.717) is 19.6 Å². The summed E-state index contributed by atoms with van der Waals surface area (Å²) in [6.07, 6.45) is 2.64. The number of nitrogens with two attached hydrogens (primary N) is 1. The van der Waals surface area contributed by atoms with Crippen molar-refractivity contribution in [3.05, 3.63) is 60.7 Å². The molecule has 0 atom stereocenters. The van der Waals surface area contributed by atoms with E-state index < -0.39 is 8.32 Å². The lowest BCUT2D eigenvalue weighted by molar-refractivity contribution is 0.268. The average Bonchev–Trinajstić information content (AvgIpc) is 2.62. The predicted molar refractivity (Wildman–Crippen MR) is 105 cm³/mol. The maximum atomic E-state index is 8.80. The second kappa shape index (κ2) is 8.30. The lowest BCUT2D eigenvalue weighted by Gasteiger charge is -2.43. The van der Waals surface area contributed by atoms with Crippen molar-refractivity contribution in [2.45, 2.75) is 32.2 Å². The van der Waals surface area contributed by atoms with Gasteiger partial charge in [0.05, 0.1) is 0 Å². The third-order valence-electron chi connectivity index (χ3n) is 4.41. The fraction of sp³-hybridized carbons (Fsp3) is 0.350. The van der Waals surface area contributed by atoms with Gasteiger partial charge in [0.1, 0.15) is 0 Å². The van der Waals surface area contributed by atoms with Crippen LogP contribution in [0.3, 0.4) is 0 Å². The summed E-state index contributed by atoms with van der Waals surface area (Å²) < 4.78 is 6.71. The molecule has 0 spiro atoms. The standard InChI is InChI=1S/C20H27N3OSi/c1-20(2,3)25(18-11-6-4-7-12-18,19-13-8-5-9-14-19)24-16-10-15-23(22)17-21/h4-9,11-14H,10,15-16,22H2,1-3H3. The molecule has 0 unspecified atom stereocenters. The molecular weight excluding hydrogens is 326 g/mol. The van der Waals surface area contributed by atoms with E-state index in [0.717, 1.165) is 5.01 Å². The van der Waals surface area contributed by atoms with Crippen LogP contribution in [0.5, 0.6) is 0 Å². The van der Waals surface area contributed by atoms with E-state index in [9.17, 15) is 0 Å². The Labute approximate surface area is 151 Å². The highest BCUT2D eigenvalue weighted by Crippen LogP contribution is 2.36. The quantitative estimate of drug-likeness (QED) is 0.208. The second-order valence-electron chi connectivity index (χ2n) is 7.16. The fourth-order valence-corrected chi connectivity index (χ4v) is 7.88. The molecule has 2 aromatic rings. The van der Waals surface area contributed by atoms with Gasteiger partial charge in [-0.15, -0.1) is 0 Å². The Morgan fingerprint density at radius 3 is 1.88 bits per heavy atom. The molecule has 0 aliphatic heterocycles. The van der Waals surface area contributed by atoms with Gasteiger partial charge < -0.3 is 4.43 Å². The lowest BCUT2D eigenvalue weighted by atomic mass is 10.2. The Hall–Kier alpha value is -2.13. The first-order valence-corrected chi connectivity index (χ1v) is 10.5. The van der Waals surface area contributed by atoms with Crippen LogP contribution in [-0.4, -0.2) is 26.5 Å². The molecule has 0 saturated carbocycles. The van der Waals surface area contributed by atoms with Gasteiger partial charge in [0.15, 0.2) is 6.19 Å². The minimum Gasteiger partial charge on any atom is -0.407 e. The van der Waals surface area contributed by atoms with Crippen LogP contribution in [0.1, 0.15) is 27.2 Å². The molecule has 2 aromatic carbocycles. The molecule has 132 valence electrons. The van der Waals surface area contributed by atoms with Crippen LogP contribution in [0, 0.1) is 11.5 Å². The van der Waals surface area contributed by atoms with E-state index in [1.54, 1.807) is 0 Å². The van der Waals surface area contributed by atoms with E-state index in [1.165, 1.54) is 10.4 Å². The smallest absolute Gasteiger partial charge is 0.261 e. The van der Waals surface area contributed by atoms with Crippen LogP contribution >= 0.6 is 0 Å². The third kappa shape index (κ3) is 4.29. The Morgan fingerprint density at radius 1 is 1.00 bits per heavy atom. The molecule has 4 nitrogen and oxygen atoms in total. The molecule has 0 fully saturated rings. The van der Waals surface area contributed by atoms with Crippen LogP contribution in [0.25, 0.3) is 0 Å². The van der Waals surface area contributed by atoms with Gasteiger partial charge in [0.2, 0.25) is 0 Å². The van der Waals surface area contributed by atoms with E-state index in [2.05, 4.69) is 69.3 Å². The van der Waals surface area contributed by atoms with Crippen molar-refractivity contribution < 1.29 is 4.43 Å². The number of hydrogen-bond acceptors (Lipinski definition) is 4. The van der Waals surface area contributed by atoms with Crippen LogP contribution in [0.15, 0.2) is 60.7 Å². The Kier molecular flexibility index (Phi) is 6.37. The third-order valence-corrected chi connectivity index (χ3v) is 9.45.